The lowest BCUT2D eigenvalue weighted by molar-refractivity contribution is -0.0323. The van der Waals surface area contributed by atoms with Crippen molar-refractivity contribution in [2.24, 2.45) is 0 Å². The first-order valence-corrected chi connectivity index (χ1v) is 14.0. The van der Waals surface area contributed by atoms with Crippen LogP contribution in [-0.4, -0.2) is 62.0 Å². The molecule has 8 heteroatoms. The molecule has 1 fully saturated rings. The van der Waals surface area contributed by atoms with E-state index >= 15 is 0 Å². The average Bonchev–Trinajstić information content (AvgIpc) is 2.91. The van der Waals surface area contributed by atoms with Crippen LogP contribution in [0.1, 0.15) is 55.4 Å². The summed E-state index contributed by atoms with van der Waals surface area (Å²) in [6.45, 7) is 16.8. The largest absolute Gasteiger partial charge is 0.432 e. The molecular formula is C17H38O5SSi2. The first-order chi connectivity index (χ1) is 11.4. The van der Waals surface area contributed by atoms with Crippen molar-refractivity contribution in [2.75, 3.05) is 6.61 Å². The van der Waals surface area contributed by atoms with Crippen molar-refractivity contribution in [1.82, 2.24) is 0 Å². The number of thiol groups is 1. The molecule has 4 atom stereocenters. The minimum absolute atomic E-state index is 0.235. The normalized spacial score (nSPS) is 26.6. The Morgan fingerprint density at radius 1 is 0.880 bits per heavy atom. The van der Waals surface area contributed by atoms with Gasteiger partial charge in [0, 0.05) is 0 Å². The summed E-state index contributed by atoms with van der Waals surface area (Å²) in [7, 11) is -5.11. The molecule has 0 saturated carbocycles. The lowest BCUT2D eigenvalue weighted by Gasteiger charge is -2.42. The highest BCUT2D eigenvalue weighted by Gasteiger charge is 2.67. The molecule has 1 aliphatic heterocycles. The maximum Gasteiger partial charge on any atom is 0.333 e. The SMILES string of the molecule is CC(C)[Si]1(C(C)C)OC([C@@H](O)[C@H](O)[C@H](S)CO)[Si](C(C)C)(C(C)C)O1. The molecule has 150 valence electrons. The van der Waals surface area contributed by atoms with Crippen LogP contribution in [0.5, 0.6) is 0 Å². The summed E-state index contributed by atoms with van der Waals surface area (Å²) in [5, 5.41) is 30.1. The molecule has 0 amide bonds. The first-order valence-electron chi connectivity index (χ1n) is 9.41. The summed E-state index contributed by atoms with van der Waals surface area (Å²) in [4.78, 5) is 0. The van der Waals surface area contributed by atoms with Gasteiger partial charge >= 0.3 is 8.56 Å². The molecule has 1 saturated heterocycles. The minimum Gasteiger partial charge on any atom is -0.432 e. The van der Waals surface area contributed by atoms with Gasteiger partial charge in [0.05, 0.1) is 23.7 Å². The number of hydrogen-bond donors (Lipinski definition) is 4. The predicted octanol–water partition coefficient (Wildman–Crippen LogP) is 2.98. The number of aliphatic hydroxyl groups is 3. The second-order valence-corrected chi connectivity index (χ2v) is 18.6. The van der Waals surface area contributed by atoms with Crippen LogP contribution in [0.25, 0.3) is 0 Å². The summed E-state index contributed by atoms with van der Waals surface area (Å²) in [5.41, 5.74) is 0.448. The van der Waals surface area contributed by atoms with E-state index in [-0.39, 0.29) is 28.8 Å². The van der Waals surface area contributed by atoms with Crippen molar-refractivity contribution < 1.29 is 23.9 Å². The van der Waals surface area contributed by atoms with Crippen LogP contribution >= 0.6 is 12.6 Å². The third-order valence-electron chi connectivity index (χ3n) is 5.75. The van der Waals surface area contributed by atoms with Crippen LogP contribution in [0, 0.1) is 0 Å². The van der Waals surface area contributed by atoms with E-state index in [4.69, 9.17) is 8.54 Å². The van der Waals surface area contributed by atoms with Crippen LogP contribution in [0.15, 0.2) is 0 Å². The van der Waals surface area contributed by atoms with E-state index in [0.29, 0.717) is 0 Å². The summed E-state index contributed by atoms with van der Waals surface area (Å²) < 4.78 is 13.6. The van der Waals surface area contributed by atoms with E-state index in [9.17, 15) is 15.3 Å². The maximum atomic E-state index is 11.0. The van der Waals surface area contributed by atoms with E-state index < -0.39 is 40.1 Å². The number of rotatable bonds is 8. The molecule has 0 aromatic carbocycles. The Morgan fingerprint density at radius 2 is 1.32 bits per heavy atom. The molecule has 0 spiro atoms. The standard InChI is InChI=1S/C17H38O5SSi2/c1-10(2)24(11(3)4)17(16(20)15(19)14(23)9-18)21-25(22-24,12(5)6)13(7)8/h10-20,23H,9H2,1-8H3/t14-,15-,16+,17?/m1/s1. The van der Waals surface area contributed by atoms with Crippen molar-refractivity contribution >= 4 is 29.5 Å². The molecule has 0 aliphatic carbocycles. The zero-order valence-corrected chi connectivity index (χ0v) is 19.8. The van der Waals surface area contributed by atoms with Crippen LogP contribution in [0.2, 0.25) is 22.2 Å². The van der Waals surface area contributed by atoms with Gasteiger partial charge in [0.1, 0.15) is 6.10 Å². The van der Waals surface area contributed by atoms with E-state index in [1.54, 1.807) is 0 Å². The number of aliphatic hydroxyl groups excluding tert-OH is 3. The topological polar surface area (TPSA) is 79.2 Å². The zero-order chi connectivity index (χ0) is 19.7. The van der Waals surface area contributed by atoms with Crippen molar-refractivity contribution in [1.29, 1.82) is 0 Å². The van der Waals surface area contributed by atoms with Crippen LogP contribution < -0.4 is 0 Å². The molecule has 3 N–H and O–H groups in total. The van der Waals surface area contributed by atoms with Gasteiger partial charge in [-0.3, -0.25) is 0 Å². The van der Waals surface area contributed by atoms with Crippen molar-refractivity contribution in [3.8, 4) is 0 Å². The van der Waals surface area contributed by atoms with Crippen molar-refractivity contribution in [3.05, 3.63) is 0 Å². The molecule has 1 aliphatic rings. The first kappa shape index (κ1) is 23.6. The Balaban J connectivity index is 3.43. The highest BCUT2D eigenvalue weighted by atomic mass is 32.1. The third-order valence-corrected chi connectivity index (χ3v) is 17.9. The highest BCUT2D eigenvalue weighted by Crippen LogP contribution is 2.52. The Hall–Kier alpha value is 0.584. The van der Waals surface area contributed by atoms with Crippen LogP contribution in [-0.2, 0) is 8.54 Å². The van der Waals surface area contributed by atoms with Gasteiger partial charge in [-0.1, -0.05) is 55.4 Å². The van der Waals surface area contributed by atoms with E-state index in [2.05, 4.69) is 68.0 Å². The Kier molecular flexibility index (Phi) is 8.25. The Bertz CT molecular complexity index is 417. The third kappa shape index (κ3) is 4.06. The van der Waals surface area contributed by atoms with Crippen molar-refractivity contribution in [3.63, 3.8) is 0 Å². The van der Waals surface area contributed by atoms with E-state index in [0.717, 1.165) is 0 Å². The van der Waals surface area contributed by atoms with Gasteiger partial charge in [0.2, 0.25) is 8.32 Å². The second kappa shape index (κ2) is 8.73. The van der Waals surface area contributed by atoms with Gasteiger partial charge in [-0.25, -0.2) is 0 Å². The van der Waals surface area contributed by atoms with Crippen LogP contribution in [0.3, 0.4) is 0 Å². The lowest BCUT2D eigenvalue weighted by Crippen LogP contribution is -2.60. The molecule has 5 nitrogen and oxygen atoms in total. The molecule has 1 heterocycles. The van der Waals surface area contributed by atoms with E-state index in [1.165, 1.54) is 0 Å². The molecular weight excluding hydrogens is 372 g/mol. The number of hydrogen-bond acceptors (Lipinski definition) is 6. The summed E-state index contributed by atoms with van der Waals surface area (Å²) in [5.74, 6) is 0. The zero-order valence-electron chi connectivity index (χ0n) is 16.9. The maximum absolute atomic E-state index is 11.0. The molecule has 0 aromatic heterocycles. The molecule has 1 rings (SSSR count). The summed E-state index contributed by atoms with van der Waals surface area (Å²) in [6, 6.07) is 0. The van der Waals surface area contributed by atoms with Gasteiger partial charge in [0.15, 0.2) is 0 Å². The van der Waals surface area contributed by atoms with Gasteiger partial charge < -0.3 is 23.9 Å². The van der Waals surface area contributed by atoms with E-state index in [1.807, 2.05) is 0 Å². The highest BCUT2D eigenvalue weighted by molar-refractivity contribution is 7.81. The molecule has 0 bridgehead atoms. The fourth-order valence-electron chi connectivity index (χ4n) is 4.23. The molecule has 0 radical (unpaired) electrons. The predicted molar refractivity (Wildman–Crippen MR) is 110 cm³/mol. The quantitative estimate of drug-likeness (QED) is 0.365. The summed E-state index contributed by atoms with van der Waals surface area (Å²) in [6.07, 6.45) is -2.27. The molecule has 1 unspecified atom stereocenters. The summed E-state index contributed by atoms with van der Waals surface area (Å²) >= 11 is 4.21. The van der Waals surface area contributed by atoms with Gasteiger partial charge in [-0.2, -0.15) is 12.6 Å². The molecule has 25 heavy (non-hydrogen) atoms. The monoisotopic (exact) mass is 410 g/mol. The lowest BCUT2D eigenvalue weighted by atomic mass is 10.1. The van der Waals surface area contributed by atoms with Crippen LogP contribution in [0.4, 0.5) is 0 Å². The van der Waals surface area contributed by atoms with Crippen molar-refractivity contribution in [2.45, 2.75) is 101 Å². The Morgan fingerprint density at radius 3 is 1.64 bits per heavy atom. The second-order valence-electron chi connectivity index (χ2n) is 8.57. The molecule has 0 aromatic rings. The smallest absolute Gasteiger partial charge is 0.333 e. The van der Waals surface area contributed by atoms with Gasteiger partial charge in [0.25, 0.3) is 0 Å². The Labute approximate surface area is 160 Å². The van der Waals surface area contributed by atoms with Gasteiger partial charge in [-0.05, 0) is 22.2 Å². The fourth-order valence-corrected chi connectivity index (χ4v) is 18.1. The van der Waals surface area contributed by atoms with Gasteiger partial charge in [-0.15, -0.1) is 0 Å². The minimum atomic E-state index is -2.56. The average molecular weight is 411 g/mol. The fraction of sp³-hybridized carbons (Fsp3) is 1.00.